The normalized spacial score (nSPS) is 11.8. The fourth-order valence-electron chi connectivity index (χ4n) is 2.70. The van der Waals surface area contributed by atoms with Crippen molar-refractivity contribution in [3.63, 3.8) is 0 Å². The third-order valence-electron chi connectivity index (χ3n) is 4.10. The number of benzene rings is 2. The molecule has 0 unspecified atom stereocenters. The maximum absolute atomic E-state index is 12.5. The zero-order valence-corrected chi connectivity index (χ0v) is 15.1. The smallest absolute Gasteiger partial charge is 0.274 e. The van der Waals surface area contributed by atoms with Crippen molar-refractivity contribution in [1.82, 2.24) is 9.97 Å². The molecule has 4 rings (SSSR count). The van der Waals surface area contributed by atoms with Gasteiger partial charge in [-0.15, -0.1) is 0 Å². The Labute approximate surface area is 161 Å². The van der Waals surface area contributed by atoms with E-state index in [9.17, 15) is 4.79 Å². The number of anilines is 2. The van der Waals surface area contributed by atoms with E-state index < -0.39 is 0 Å². The summed E-state index contributed by atoms with van der Waals surface area (Å²) in [6, 6.07) is 14.4. The summed E-state index contributed by atoms with van der Waals surface area (Å²) >= 11 is 0. The Balaban J connectivity index is 1.41. The second-order valence-corrected chi connectivity index (χ2v) is 5.99. The lowest BCUT2D eigenvalue weighted by Gasteiger charge is -2.09. The van der Waals surface area contributed by atoms with Crippen molar-refractivity contribution in [1.29, 1.82) is 0 Å². The van der Waals surface area contributed by atoms with Gasteiger partial charge in [-0.05, 0) is 35.9 Å². The number of rotatable bonds is 6. The summed E-state index contributed by atoms with van der Waals surface area (Å²) in [4.78, 5) is 20.9. The van der Waals surface area contributed by atoms with Gasteiger partial charge in [0.05, 0.1) is 7.11 Å². The minimum atomic E-state index is -0.332. The molecule has 1 amide bonds. The number of carbonyl (C=O) groups is 1. The number of ether oxygens (including phenoxy) is 3. The molecule has 1 aromatic heterocycles. The monoisotopic (exact) mass is 378 g/mol. The molecular weight excluding hydrogens is 360 g/mol. The summed E-state index contributed by atoms with van der Waals surface area (Å²) in [7, 11) is 1.57. The van der Waals surface area contributed by atoms with E-state index in [4.69, 9.17) is 14.2 Å². The molecule has 142 valence electrons. The molecule has 2 aromatic carbocycles. The molecule has 2 N–H and O–H groups in total. The van der Waals surface area contributed by atoms with Gasteiger partial charge in [0, 0.05) is 24.5 Å². The standard InChI is InChI=1S/C20H18N4O4/c1-26-15-4-2-3-14(10-15)23-19(25)16-7-8-21-20(24-16)22-11-13-5-6-17-18(9-13)28-12-27-17/h2-10H,11-12H2,1H3,(H,23,25)(H,21,22,24). The van der Waals surface area contributed by atoms with Gasteiger partial charge < -0.3 is 24.8 Å². The number of methoxy groups -OCH3 is 1. The van der Waals surface area contributed by atoms with Crippen LogP contribution in [0.5, 0.6) is 17.2 Å². The first-order valence-corrected chi connectivity index (χ1v) is 8.62. The van der Waals surface area contributed by atoms with Crippen LogP contribution in [0.1, 0.15) is 16.1 Å². The minimum absolute atomic E-state index is 0.236. The van der Waals surface area contributed by atoms with Crippen LogP contribution in [0, 0.1) is 0 Å². The number of aromatic nitrogens is 2. The van der Waals surface area contributed by atoms with Crippen LogP contribution < -0.4 is 24.8 Å². The minimum Gasteiger partial charge on any atom is -0.497 e. The second kappa shape index (κ2) is 7.83. The Morgan fingerprint density at radius 3 is 2.93 bits per heavy atom. The van der Waals surface area contributed by atoms with Crippen LogP contribution in [0.3, 0.4) is 0 Å². The highest BCUT2D eigenvalue weighted by molar-refractivity contribution is 6.03. The number of carbonyl (C=O) groups excluding carboxylic acids is 1. The van der Waals surface area contributed by atoms with Gasteiger partial charge >= 0.3 is 0 Å². The van der Waals surface area contributed by atoms with Gasteiger partial charge in [-0.3, -0.25) is 4.79 Å². The summed E-state index contributed by atoms with van der Waals surface area (Å²) in [5.74, 6) is 2.13. The molecule has 0 radical (unpaired) electrons. The number of amides is 1. The lowest BCUT2D eigenvalue weighted by atomic mass is 10.2. The van der Waals surface area contributed by atoms with Crippen LogP contribution in [-0.2, 0) is 6.54 Å². The molecule has 28 heavy (non-hydrogen) atoms. The number of hydrogen-bond donors (Lipinski definition) is 2. The second-order valence-electron chi connectivity index (χ2n) is 5.99. The van der Waals surface area contributed by atoms with Crippen LogP contribution in [0.15, 0.2) is 54.7 Å². The van der Waals surface area contributed by atoms with E-state index in [2.05, 4.69) is 20.6 Å². The predicted molar refractivity (Wildman–Crippen MR) is 103 cm³/mol. The zero-order valence-electron chi connectivity index (χ0n) is 15.1. The van der Waals surface area contributed by atoms with Crippen molar-refractivity contribution >= 4 is 17.5 Å². The van der Waals surface area contributed by atoms with Crippen LogP contribution in [0.25, 0.3) is 0 Å². The third kappa shape index (κ3) is 3.96. The Kier molecular flexibility index (Phi) is 4.92. The van der Waals surface area contributed by atoms with Gasteiger partial charge in [0.25, 0.3) is 5.91 Å². The van der Waals surface area contributed by atoms with Gasteiger partial charge in [0.2, 0.25) is 12.7 Å². The molecule has 2 heterocycles. The summed E-state index contributed by atoms with van der Waals surface area (Å²) in [5.41, 5.74) is 1.86. The van der Waals surface area contributed by atoms with Crippen LogP contribution in [0.4, 0.5) is 11.6 Å². The van der Waals surface area contributed by atoms with E-state index in [0.717, 1.165) is 11.3 Å². The molecule has 0 saturated heterocycles. The van der Waals surface area contributed by atoms with E-state index in [1.165, 1.54) is 6.20 Å². The van der Waals surface area contributed by atoms with Crippen LogP contribution >= 0.6 is 0 Å². The summed E-state index contributed by atoms with van der Waals surface area (Å²) < 4.78 is 15.8. The average molecular weight is 378 g/mol. The first-order chi connectivity index (χ1) is 13.7. The predicted octanol–water partition coefficient (Wildman–Crippen LogP) is 3.08. The van der Waals surface area contributed by atoms with Crippen LogP contribution in [-0.4, -0.2) is 29.8 Å². The van der Waals surface area contributed by atoms with Gasteiger partial charge in [0.1, 0.15) is 11.4 Å². The largest absolute Gasteiger partial charge is 0.497 e. The maximum Gasteiger partial charge on any atom is 0.274 e. The highest BCUT2D eigenvalue weighted by atomic mass is 16.7. The molecule has 1 aliphatic rings. The van der Waals surface area contributed by atoms with Crippen LogP contribution in [0.2, 0.25) is 0 Å². The Morgan fingerprint density at radius 1 is 1.14 bits per heavy atom. The van der Waals surface area contributed by atoms with Gasteiger partial charge in [-0.2, -0.15) is 0 Å². The number of fused-ring (bicyclic) bond motifs is 1. The molecule has 3 aromatic rings. The first kappa shape index (κ1) is 17.6. The molecule has 8 nitrogen and oxygen atoms in total. The molecule has 0 aliphatic carbocycles. The van der Waals surface area contributed by atoms with E-state index in [1.807, 2.05) is 18.2 Å². The SMILES string of the molecule is COc1cccc(NC(=O)c2ccnc(NCc3ccc4c(c3)OCO4)n2)c1. The molecular formula is C20H18N4O4. The average Bonchev–Trinajstić information content (AvgIpc) is 3.20. The lowest BCUT2D eigenvalue weighted by molar-refractivity contribution is 0.102. The van der Waals surface area contributed by atoms with Crippen molar-refractivity contribution in [3.8, 4) is 17.2 Å². The molecule has 0 fully saturated rings. The van der Waals surface area contributed by atoms with E-state index in [0.29, 0.717) is 29.7 Å². The van der Waals surface area contributed by atoms with Gasteiger partial charge in [-0.25, -0.2) is 9.97 Å². The quantitative estimate of drug-likeness (QED) is 0.681. The van der Waals surface area contributed by atoms with Gasteiger partial charge in [0.15, 0.2) is 11.5 Å². The number of nitrogens with zero attached hydrogens (tertiary/aromatic N) is 2. The summed E-state index contributed by atoms with van der Waals surface area (Å²) in [6.07, 6.45) is 1.54. The fraction of sp³-hybridized carbons (Fsp3) is 0.150. The molecule has 0 spiro atoms. The Bertz CT molecular complexity index is 1010. The molecule has 0 saturated carbocycles. The highest BCUT2D eigenvalue weighted by Gasteiger charge is 2.14. The van der Waals surface area contributed by atoms with E-state index >= 15 is 0 Å². The highest BCUT2D eigenvalue weighted by Crippen LogP contribution is 2.32. The number of nitrogens with one attached hydrogen (secondary N) is 2. The van der Waals surface area contributed by atoms with Crippen molar-refractivity contribution in [2.45, 2.75) is 6.54 Å². The zero-order chi connectivity index (χ0) is 19.3. The Hall–Kier alpha value is -3.81. The van der Waals surface area contributed by atoms with E-state index in [1.54, 1.807) is 37.4 Å². The maximum atomic E-state index is 12.5. The first-order valence-electron chi connectivity index (χ1n) is 8.62. The topological polar surface area (TPSA) is 94.6 Å². The molecule has 1 aliphatic heterocycles. The van der Waals surface area contributed by atoms with Crippen molar-refractivity contribution in [3.05, 3.63) is 66.0 Å². The van der Waals surface area contributed by atoms with Crippen molar-refractivity contribution < 1.29 is 19.0 Å². The van der Waals surface area contributed by atoms with Crippen molar-refractivity contribution in [2.24, 2.45) is 0 Å². The third-order valence-corrected chi connectivity index (χ3v) is 4.10. The van der Waals surface area contributed by atoms with E-state index in [-0.39, 0.29) is 18.4 Å². The lowest BCUT2D eigenvalue weighted by Crippen LogP contribution is -2.15. The fourth-order valence-corrected chi connectivity index (χ4v) is 2.70. The van der Waals surface area contributed by atoms with Gasteiger partial charge in [-0.1, -0.05) is 12.1 Å². The summed E-state index contributed by atoms with van der Waals surface area (Å²) in [6.45, 7) is 0.720. The molecule has 8 heteroatoms. The summed E-state index contributed by atoms with van der Waals surface area (Å²) in [5, 5.41) is 5.91. The molecule has 0 bridgehead atoms. The number of hydrogen-bond acceptors (Lipinski definition) is 7. The Morgan fingerprint density at radius 2 is 2.04 bits per heavy atom. The molecule has 0 atom stereocenters. The van der Waals surface area contributed by atoms with Crippen molar-refractivity contribution in [2.75, 3.05) is 24.5 Å².